The number of benzene rings is 2. The van der Waals surface area contributed by atoms with Crippen LogP contribution in [0, 0.1) is 0 Å². The maximum atomic E-state index is 13.6. The molecular formula is C27H36N2O5S. The summed E-state index contributed by atoms with van der Waals surface area (Å²) in [5, 5.41) is 4.04. The second-order valence-electron chi connectivity index (χ2n) is 8.91. The molecule has 0 aliphatic carbocycles. The maximum absolute atomic E-state index is 13.6. The van der Waals surface area contributed by atoms with Gasteiger partial charge in [-0.1, -0.05) is 20.3 Å². The summed E-state index contributed by atoms with van der Waals surface area (Å²) in [5.74, 6) is 1.18. The molecule has 2 N–H and O–H groups in total. The lowest BCUT2D eigenvalue weighted by Gasteiger charge is -2.11. The van der Waals surface area contributed by atoms with Gasteiger partial charge in [-0.15, -0.1) is 0 Å². The lowest BCUT2D eigenvalue weighted by Crippen LogP contribution is -2.27. The van der Waals surface area contributed by atoms with Gasteiger partial charge in [0.15, 0.2) is 5.78 Å². The Hall–Kier alpha value is -2.84. The second kappa shape index (κ2) is 12.2. The van der Waals surface area contributed by atoms with Gasteiger partial charge in [-0.25, -0.2) is 8.42 Å². The number of anilines is 1. The highest BCUT2D eigenvalue weighted by Gasteiger charge is 2.22. The molecule has 2 aromatic carbocycles. The van der Waals surface area contributed by atoms with Crippen molar-refractivity contribution in [3.8, 4) is 5.75 Å². The zero-order valence-corrected chi connectivity index (χ0v) is 21.8. The van der Waals surface area contributed by atoms with Crippen molar-refractivity contribution in [1.29, 1.82) is 0 Å². The van der Waals surface area contributed by atoms with Crippen molar-refractivity contribution in [2.45, 2.75) is 58.9 Å². The van der Waals surface area contributed by atoms with Gasteiger partial charge in [0, 0.05) is 29.1 Å². The second-order valence-corrected chi connectivity index (χ2v) is 10.7. The van der Waals surface area contributed by atoms with Gasteiger partial charge in [-0.05, 0) is 75.2 Å². The number of aryl methyl sites for hydroxylation is 1. The Morgan fingerprint density at radius 2 is 1.83 bits per heavy atom. The zero-order valence-electron chi connectivity index (χ0n) is 21.0. The van der Waals surface area contributed by atoms with Crippen LogP contribution in [0.2, 0.25) is 0 Å². The average molecular weight is 501 g/mol. The molecular weight excluding hydrogens is 464 g/mol. The van der Waals surface area contributed by atoms with E-state index in [0.29, 0.717) is 58.4 Å². The van der Waals surface area contributed by atoms with Gasteiger partial charge in [0.1, 0.15) is 17.1 Å². The number of carbonyl (C=O) groups is 1. The fraction of sp³-hybridized carbons (Fsp3) is 0.444. The summed E-state index contributed by atoms with van der Waals surface area (Å²) in [7, 11) is -3.44. The predicted octanol–water partition coefficient (Wildman–Crippen LogP) is 5.53. The molecule has 35 heavy (non-hydrogen) atoms. The number of hydrogen-bond acceptors (Lipinski definition) is 6. The molecule has 1 heterocycles. The molecule has 1 aromatic heterocycles. The van der Waals surface area contributed by atoms with Crippen LogP contribution in [0.5, 0.6) is 5.75 Å². The number of unbranched alkanes of at least 4 members (excludes halogenated alkanes) is 1. The fourth-order valence-corrected chi connectivity index (χ4v) is 4.35. The van der Waals surface area contributed by atoms with Crippen LogP contribution < -0.4 is 14.8 Å². The molecule has 3 rings (SSSR count). The highest BCUT2D eigenvalue weighted by atomic mass is 32.2. The van der Waals surface area contributed by atoms with E-state index in [-0.39, 0.29) is 5.78 Å². The third-order valence-electron chi connectivity index (χ3n) is 5.86. The number of fused-ring (bicyclic) bond motifs is 1. The average Bonchev–Trinajstić information content (AvgIpc) is 3.18. The van der Waals surface area contributed by atoms with Crippen LogP contribution in [0.1, 0.15) is 68.1 Å². The summed E-state index contributed by atoms with van der Waals surface area (Å²) < 4.78 is 37.7. The molecule has 7 nitrogen and oxygen atoms in total. The Morgan fingerprint density at radius 1 is 1.09 bits per heavy atom. The quantitative estimate of drug-likeness (QED) is 0.223. The molecule has 0 aliphatic rings. The minimum absolute atomic E-state index is 0.157. The number of sulfonamides is 1. The number of rotatable bonds is 14. The normalized spacial score (nSPS) is 12.6. The zero-order chi connectivity index (χ0) is 25.4. The smallest absolute Gasteiger partial charge is 0.229 e. The van der Waals surface area contributed by atoms with E-state index in [0.717, 1.165) is 38.5 Å². The molecule has 3 aromatic rings. The van der Waals surface area contributed by atoms with Crippen molar-refractivity contribution in [2.75, 3.05) is 24.1 Å². The predicted molar refractivity (Wildman–Crippen MR) is 141 cm³/mol. The first-order valence-corrected chi connectivity index (χ1v) is 14.1. The van der Waals surface area contributed by atoms with E-state index in [9.17, 15) is 13.2 Å². The molecule has 0 fully saturated rings. The van der Waals surface area contributed by atoms with Crippen LogP contribution in [0.3, 0.4) is 0 Å². The number of carbonyl (C=O) groups excluding carboxylic acids is 1. The Balaban J connectivity index is 1.79. The lowest BCUT2D eigenvalue weighted by molar-refractivity contribution is 0.103. The number of furan rings is 1. The molecule has 0 radical (unpaired) electrons. The number of nitrogens with one attached hydrogen (secondary N) is 2. The van der Waals surface area contributed by atoms with E-state index >= 15 is 0 Å². The van der Waals surface area contributed by atoms with Crippen LogP contribution >= 0.6 is 0 Å². The fourth-order valence-electron chi connectivity index (χ4n) is 3.79. The Morgan fingerprint density at radius 3 is 2.49 bits per heavy atom. The summed E-state index contributed by atoms with van der Waals surface area (Å²) in [6.07, 6.45) is 5.57. The maximum Gasteiger partial charge on any atom is 0.229 e. The van der Waals surface area contributed by atoms with Crippen molar-refractivity contribution in [3.63, 3.8) is 0 Å². The van der Waals surface area contributed by atoms with Crippen molar-refractivity contribution in [2.24, 2.45) is 0 Å². The van der Waals surface area contributed by atoms with Gasteiger partial charge in [0.25, 0.3) is 0 Å². The Labute approximate surface area is 208 Å². The van der Waals surface area contributed by atoms with Gasteiger partial charge < -0.3 is 14.5 Å². The molecule has 0 bridgehead atoms. The summed E-state index contributed by atoms with van der Waals surface area (Å²) in [5.41, 5.74) is 1.96. The molecule has 0 saturated carbocycles. The van der Waals surface area contributed by atoms with E-state index < -0.39 is 10.0 Å². The van der Waals surface area contributed by atoms with Crippen LogP contribution in [0.15, 0.2) is 46.9 Å². The molecule has 190 valence electrons. The van der Waals surface area contributed by atoms with Crippen molar-refractivity contribution >= 4 is 32.5 Å². The van der Waals surface area contributed by atoms with E-state index in [4.69, 9.17) is 9.15 Å². The van der Waals surface area contributed by atoms with E-state index in [1.165, 1.54) is 0 Å². The standard InChI is InChI=1S/C27H36N2O5S/c1-5-7-9-25-26(23-18-21(29-35(4,31)32)12-15-24(23)34-25)27(30)20-10-13-22(14-11-20)33-17-8-16-28-19(3)6-2/h10-15,18-19,28-29H,5-9,16-17H2,1-4H3. The topological polar surface area (TPSA) is 97.6 Å². The molecule has 0 aliphatic heterocycles. The van der Waals surface area contributed by atoms with E-state index in [1.54, 1.807) is 42.5 Å². The first-order chi connectivity index (χ1) is 16.7. The molecule has 8 heteroatoms. The number of hydrogen-bond donors (Lipinski definition) is 2. The minimum atomic E-state index is -3.44. The first kappa shape index (κ1) is 26.8. The summed E-state index contributed by atoms with van der Waals surface area (Å²) in [6.45, 7) is 7.89. The number of ketones is 1. The monoisotopic (exact) mass is 500 g/mol. The first-order valence-electron chi connectivity index (χ1n) is 12.3. The molecule has 0 saturated heterocycles. The van der Waals surface area contributed by atoms with Crippen molar-refractivity contribution in [1.82, 2.24) is 5.32 Å². The van der Waals surface area contributed by atoms with Crippen molar-refractivity contribution in [3.05, 3.63) is 59.4 Å². The highest BCUT2D eigenvalue weighted by molar-refractivity contribution is 7.92. The third-order valence-corrected chi connectivity index (χ3v) is 6.47. The molecule has 1 atom stereocenters. The van der Waals surface area contributed by atoms with Crippen LogP contribution in [-0.4, -0.2) is 39.7 Å². The summed E-state index contributed by atoms with van der Waals surface area (Å²) in [4.78, 5) is 13.6. The van der Waals surface area contributed by atoms with E-state index in [2.05, 4.69) is 30.8 Å². The van der Waals surface area contributed by atoms with Crippen molar-refractivity contribution < 1.29 is 22.4 Å². The largest absolute Gasteiger partial charge is 0.494 e. The minimum Gasteiger partial charge on any atom is -0.494 e. The number of ether oxygens (including phenoxy) is 1. The Kier molecular flexibility index (Phi) is 9.34. The van der Waals surface area contributed by atoms with E-state index in [1.807, 2.05) is 0 Å². The van der Waals surface area contributed by atoms with Crippen LogP contribution in [0.4, 0.5) is 5.69 Å². The third kappa shape index (κ3) is 7.57. The van der Waals surface area contributed by atoms with Gasteiger partial charge in [0.2, 0.25) is 10.0 Å². The van der Waals surface area contributed by atoms with Gasteiger partial charge in [0.05, 0.1) is 18.4 Å². The van der Waals surface area contributed by atoms with Gasteiger partial charge >= 0.3 is 0 Å². The highest BCUT2D eigenvalue weighted by Crippen LogP contribution is 2.32. The van der Waals surface area contributed by atoms with Gasteiger partial charge in [-0.3, -0.25) is 9.52 Å². The molecule has 0 amide bonds. The SMILES string of the molecule is CCCCc1oc2ccc(NS(C)(=O)=O)cc2c1C(=O)c1ccc(OCCCNC(C)CC)cc1. The van der Waals surface area contributed by atoms with Crippen LogP contribution in [-0.2, 0) is 16.4 Å². The van der Waals surface area contributed by atoms with Crippen LogP contribution in [0.25, 0.3) is 11.0 Å². The Bertz CT molecular complexity index is 1230. The summed E-state index contributed by atoms with van der Waals surface area (Å²) >= 11 is 0. The summed E-state index contributed by atoms with van der Waals surface area (Å²) in [6, 6.07) is 12.6. The van der Waals surface area contributed by atoms with Gasteiger partial charge in [-0.2, -0.15) is 0 Å². The lowest BCUT2D eigenvalue weighted by atomic mass is 9.98. The molecule has 0 spiro atoms. The molecule has 1 unspecified atom stereocenters.